The van der Waals surface area contributed by atoms with E-state index < -0.39 is 5.60 Å². The Bertz CT molecular complexity index is 469. The molecule has 1 aromatic rings. The summed E-state index contributed by atoms with van der Waals surface area (Å²) in [5.41, 5.74) is 1.76. The van der Waals surface area contributed by atoms with Gasteiger partial charge >= 0.3 is 0 Å². The van der Waals surface area contributed by atoms with Gasteiger partial charge in [0, 0.05) is 11.4 Å². The zero-order chi connectivity index (χ0) is 13.9. The lowest BCUT2D eigenvalue weighted by atomic mass is 9.80. The lowest BCUT2D eigenvalue weighted by Gasteiger charge is -2.36. The quantitative estimate of drug-likeness (QED) is 0.814. The van der Waals surface area contributed by atoms with E-state index in [0.29, 0.717) is 12.3 Å². The number of rotatable bonds is 5. The highest BCUT2D eigenvalue weighted by Crippen LogP contribution is 2.30. The van der Waals surface area contributed by atoms with Crippen molar-refractivity contribution in [3.63, 3.8) is 0 Å². The van der Waals surface area contributed by atoms with Crippen molar-refractivity contribution in [2.45, 2.75) is 43.6 Å². The largest absolute Gasteiger partial charge is 0.388 e. The first-order valence-electron chi connectivity index (χ1n) is 6.68. The molecule has 1 saturated carbocycles. The summed E-state index contributed by atoms with van der Waals surface area (Å²) >= 11 is 1.55. The van der Waals surface area contributed by atoms with Crippen LogP contribution in [0.15, 0.2) is 23.1 Å². The summed E-state index contributed by atoms with van der Waals surface area (Å²) in [7, 11) is 0. The maximum absolute atomic E-state index is 11.8. The summed E-state index contributed by atoms with van der Waals surface area (Å²) in [6, 6.07) is 6.25. The fourth-order valence-corrected chi connectivity index (χ4v) is 3.04. The van der Waals surface area contributed by atoms with E-state index >= 15 is 0 Å². The van der Waals surface area contributed by atoms with Crippen LogP contribution >= 0.6 is 11.8 Å². The van der Waals surface area contributed by atoms with Gasteiger partial charge in [-0.15, -0.1) is 11.8 Å². The molecule has 0 bridgehead atoms. The lowest BCUT2D eigenvalue weighted by molar-refractivity contribution is -0.121. The predicted octanol–water partition coefficient (Wildman–Crippen LogP) is 2.43. The predicted molar refractivity (Wildman–Crippen MR) is 78.5 cm³/mol. The van der Waals surface area contributed by atoms with Crippen molar-refractivity contribution >= 4 is 17.7 Å². The standard InChI is InChI=1S/C15H21NO2S/c1-11-4-5-12(2)13(8-11)19-9-14(17)16-10-15(18)6-3-7-15/h4-5,8,18H,3,6-7,9-10H2,1-2H3,(H,16,17). The number of hydrogen-bond donors (Lipinski definition) is 2. The molecule has 0 aromatic heterocycles. The summed E-state index contributed by atoms with van der Waals surface area (Å²) < 4.78 is 0. The second-order valence-corrected chi connectivity index (χ2v) is 6.43. The first-order valence-corrected chi connectivity index (χ1v) is 7.66. The number of carbonyl (C=O) groups excluding carboxylic acids is 1. The number of aryl methyl sites for hydroxylation is 2. The molecule has 2 N–H and O–H groups in total. The Morgan fingerprint density at radius 3 is 2.79 bits per heavy atom. The van der Waals surface area contributed by atoms with Crippen LogP contribution in [0.25, 0.3) is 0 Å². The smallest absolute Gasteiger partial charge is 0.230 e. The summed E-state index contributed by atoms with van der Waals surface area (Å²) in [4.78, 5) is 12.9. The van der Waals surface area contributed by atoms with Crippen molar-refractivity contribution in [1.29, 1.82) is 0 Å². The normalized spacial score (nSPS) is 16.8. The van der Waals surface area contributed by atoms with Crippen LogP contribution in [0.1, 0.15) is 30.4 Å². The van der Waals surface area contributed by atoms with Crippen LogP contribution in [0.5, 0.6) is 0 Å². The van der Waals surface area contributed by atoms with Crippen molar-refractivity contribution in [3.05, 3.63) is 29.3 Å². The number of aliphatic hydroxyl groups is 1. The van der Waals surface area contributed by atoms with Gasteiger partial charge in [0.05, 0.1) is 11.4 Å². The fraction of sp³-hybridized carbons (Fsp3) is 0.533. The van der Waals surface area contributed by atoms with Gasteiger partial charge in [-0.2, -0.15) is 0 Å². The second kappa shape index (κ2) is 5.97. The maximum Gasteiger partial charge on any atom is 0.230 e. The highest BCUT2D eigenvalue weighted by molar-refractivity contribution is 8.00. The Morgan fingerprint density at radius 1 is 1.42 bits per heavy atom. The van der Waals surface area contributed by atoms with E-state index in [2.05, 4.69) is 37.4 Å². The molecular weight excluding hydrogens is 258 g/mol. The molecule has 2 rings (SSSR count). The van der Waals surface area contributed by atoms with Gasteiger partial charge < -0.3 is 10.4 Å². The summed E-state index contributed by atoms with van der Waals surface area (Å²) in [6.45, 7) is 4.49. The Morgan fingerprint density at radius 2 is 2.16 bits per heavy atom. The van der Waals surface area contributed by atoms with E-state index in [4.69, 9.17) is 0 Å². The fourth-order valence-electron chi connectivity index (χ4n) is 2.08. The van der Waals surface area contributed by atoms with Crippen LogP contribution in [0.2, 0.25) is 0 Å². The molecule has 0 unspecified atom stereocenters. The third-order valence-corrected chi connectivity index (χ3v) is 4.76. The summed E-state index contributed by atoms with van der Waals surface area (Å²) in [5.74, 6) is 0.395. The minimum Gasteiger partial charge on any atom is -0.388 e. The highest BCUT2D eigenvalue weighted by atomic mass is 32.2. The number of hydrogen-bond acceptors (Lipinski definition) is 3. The molecule has 0 aliphatic heterocycles. The minimum atomic E-state index is -0.639. The average Bonchev–Trinajstić information content (AvgIpc) is 2.35. The molecule has 0 heterocycles. The average molecular weight is 279 g/mol. The van der Waals surface area contributed by atoms with E-state index in [1.807, 2.05) is 0 Å². The number of thioether (sulfide) groups is 1. The number of carbonyl (C=O) groups is 1. The second-order valence-electron chi connectivity index (χ2n) is 5.41. The Hall–Kier alpha value is -1.00. The van der Waals surface area contributed by atoms with Crippen molar-refractivity contribution in [2.75, 3.05) is 12.3 Å². The molecule has 1 aliphatic rings. The molecule has 1 aromatic carbocycles. The summed E-state index contributed by atoms with van der Waals surface area (Å²) in [6.07, 6.45) is 2.67. The van der Waals surface area contributed by atoms with Crippen molar-refractivity contribution in [2.24, 2.45) is 0 Å². The highest BCUT2D eigenvalue weighted by Gasteiger charge is 2.34. The minimum absolute atomic E-state index is 0.00812. The topological polar surface area (TPSA) is 49.3 Å². The van der Waals surface area contributed by atoms with E-state index in [0.717, 1.165) is 24.2 Å². The van der Waals surface area contributed by atoms with Gasteiger partial charge in [0.15, 0.2) is 0 Å². The zero-order valence-corrected chi connectivity index (χ0v) is 12.3. The monoisotopic (exact) mass is 279 g/mol. The Kier molecular flexibility index (Phi) is 4.53. The molecule has 0 radical (unpaired) electrons. The van der Waals surface area contributed by atoms with Gasteiger partial charge in [-0.25, -0.2) is 0 Å². The zero-order valence-electron chi connectivity index (χ0n) is 11.5. The molecule has 19 heavy (non-hydrogen) atoms. The van der Waals surface area contributed by atoms with Crippen molar-refractivity contribution in [1.82, 2.24) is 5.32 Å². The van der Waals surface area contributed by atoms with Crippen LogP contribution in [-0.2, 0) is 4.79 Å². The maximum atomic E-state index is 11.8. The number of benzene rings is 1. The van der Waals surface area contributed by atoms with E-state index in [1.165, 1.54) is 11.1 Å². The first kappa shape index (κ1) is 14.4. The van der Waals surface area contributed by atoms with Crippen LogP contribution in [0.3, 0.4) is 0 Å². The van der Waals surface area contributed by atoms with Crippen LogP contribution in [0.4, 0.5) is 0 Å². The number of nitrogens with one attached hydrogen (secondary N) is 1. The van der Waals surface area contributed by atoms with Gasteiger partial charge in [-0.3, -0.25) is 4.79 Å². The van der Waals surface area contributed by atoms with Gasteiger partial charge in [-0.05, 0) is 44.7 Å². The van der Waals surface area contributed by atoms with E-state index in [-0.39, 0.29) is 5.91 Å². The van der Waals surface area contributed by atoms with Crippen molar-refractivity contribution < 1.29 is 9.90 Å². The SMILES string of the molecule is Cc1ccc(C)c(SCC(=O)NCC2(O)CCC2)c1. The molecule has 0 atom stereocenters. The molecule has 4 heteroatoms. The van der Waals surface area contributed by atoms with Gasteiger partial charge in [0.1, 0.15) is 0 Å². The van der Waals surface area contributed by atoms with Crippen LogP contribution < -0.4 is 5.32 Å². The van der Waals surface area contributed by atoms with E-state index in [9.17, 15) is 9.90 Å². The molecule has 3 nitrogen and oxygen atoms in total. The van der Waals surface area contributed by atoms with Crippen molar-refractivity contribution in [3.8, 4) is 0 Å². The third-order valence-electron chi connectivity index (χ3n) is 3.60. The molecule has 1 amide bonds. The number of amides is 1. The molecule has 0 saturated heterocycles. The van der Waals surface area contributed by atoms with Crippen LogP contribution in [-0.4, -0.2) is 28.9 Å². The van der Waals surface area contributed by atoms with Gasteiger partial charge in [-0.1, -0.05) is 17.7 Å². The van der Waals surface area contributed by atoms with E-state index in [1.54, 1.807) is 11.8 Å². The van der Waals surface area contributed by atoms with Gasteiger partial charge in [0.2, 0.25) is 5.91 Å². The first-order chi connectivity index (χ1) is 8.98. The molecule has 104 valence electrons. The molecular formula is C15H21NO2S. The third kappa shape index (κ3) is 3.98. The molecule has 0 spiro atoms. The molecule has 1 aliphatic carbocycles. The Balaban J connectivity index is 1.78. The molecule has 1 fully saturated rings. The Labute approximate surface area is 118 Å². The van der Waals surface area contributed by atoms with Gasteiger partial charge in [0.25, 0.3) is 0 Å². The summed E-state index contributed by atoms with van der Waals surface area (Å²) in [5, 5.41) is 12.7. The lowest BCUT2D eigenvalue weighted by Crippen LogP contribution is -2.48. The van der Waals surface area contributed by atoms with Crippen LogP contribution in [0, 0.1) is 13.8 Å².